The van der Waals surface area contributed by atoms with Crippen molar-refractivity contribution in [1.82, 2.24) is 9.97 Å². The number of hydrogen-bond donors (Lipinski definition) is 2. The minimum atomic E-state index is -0.650. The van der Waals surface area contributed by atoms with Gasteiger partial charge >= 0.3 is 0 Å². The van der Waals surface area contributed by atoms with Crippen LogP contribution >= 0.6 is 22.9 Å². The highest BCUT2D eigenvalue weighted by atomic mass is 35.5. The van der Waals surface area contributed by atoms with E-state index in [2.05, 4.69) is 26.7 Å². The van der Waals surface area contributed by atoms with Crippen LogP contribution in [-0.2, 0) is 10.2 Å². The molecule has 0 radical (unpaired) electrons. The molecule has 2 aromatic carbocycles. The van der Waals surface area contributed by atoms with Crippen LogP contribution in [0.5, 0.6) is 11.6 Å². The van der Waals surface area contributed by atoms with Gasteiger partial charge in [-0.2, -0.15) is 5.26 Å². The number of benzene rings is 2. The average Bonchev–Trinajstić information content (AvgIpc) is 3.54. The van der Waals surface area contributed by atoms with Crippen LogP contribution < -0.4 is 15.4 Å². The number of amides is 2. The van der Waals surface area contributed by atoms with Crippen molar-refractivity contribution in [1.29, 1.82) is 5.26 Å². The predicted octanol–water partition coefficient (Wildman–Crippen LogP) is 6.04. The first-order chi connectivity index (χ1) is 17.3. The molecule has 180 valence electrons. The number of nitrogens with zero attached hydrogens (tertiary/aromatic N) is 3. The Morgan fingerprint density at radius 2 is 1.97 bits per heavy atom. The van der Waals surface area contributed by atoms with Gasteiger partial charge in [-0.05, 0) is 42.7 Å². The first-order valence-corrected chi connectivity index (χ1v) is 12.0. The number of hydrogen-bond acceptors (Lipinski definition) is 7. The van der Waals surface area contributed by atoms with Crippen LogP contribution in [0.3, 0.4) is 0 Å². The quantitative estimate of drug-likeness (QED) is 0.319. The third-order valence-corrected chi connectivity index (χ3v) is 6.93. The highest BCUT2D eigenvalue weighted by Crippen LogP contribution is 2.50. The van der Waals surface area contributed by atoms with E-state index in [9.17, 15) is 19.2 Å². The molecule has 5 rings (SSSR count). The molecule has 0 aliphatic heterocycles. The molecule has 2 heterocycles. The molecule has 0 unspecified atom stereocenters. The van der Waals surface area contributed by atoms with Crippen molar-refractivity contribution in [2.45, 2.75) is 25.2 Å². The fourth-order valence-corrected chi connectivity index (χ4v) is 4.94. The van der Waals surface area contributed by atoms with Crippen LogP contribution in [0.1, 0.15) is 35.7 Å². The second-order valence-corrected chi connectivity index (χ2v) is 9.59. The van der Waals surface area contributed by atoms with Crippen molar-refractivity contribution in [3.05, 3.63) is 70.5 Å². The van der Waals surface area contributed by atoms with Crippen molar-refractivity contribution in [3.8, 4) is 17.7 Å². The summed E-state index contributed by atoms with van der Waals surface area (Å²) in [7, 11) is 0. The SMILES string of the molecule is CC(=O)Nc1nc2ccc(Oc3cc(NC(=O)c4cccc(C5(C#N)CC5)c4Cl)ccc3F)nc2s1. The Morgan fingerprint density at radius 1 is 1.17 bits per heavy atom. The lowest BCUT2D eigenvalue weighted by atomic mass is 9.95. The maximum atomic E-state index is 14.5. The van der Waals surface area contributed by atoms with Gasteiger partial charge in [0.15, 0.2) is 16.7 Å². The Kier molecular flexibility index (Phi) is 6.04. The molecule has 1 aliphatic rings. The van der Waals surface area contributed by atoms with Gasteiger partial charge in [0.25, 0.3) is 5.91 Å². The predicted molar refractivity (Wildman–Crippen MR) is 134 cm³/mol. The summed E-state index contributed by atoms with van der Waals surface area (Å²) in [5.41, 5.74) is 1.05. The highest BCUT2D eigenvalue weighted by molar-refractivity contribution is 7.21. The van der Waals surface area contributed by atoms with Gasteiger partial charge in [-0.15, -0.1) is 0 Å². The molecule has 0 saturated heterocycles. The number of carbonyl (C=O) groups excluding carboxylic acids is 2. The van der Waals surface area contributed by atoms with Crippen molar-refractivity contribution in [2.24, 2.45) is 0 Å². The number of ether oxygens (including phenoxy) is 1. The number of anilines is 2. The Morgan fingerprint density at radius 3 is 2.69 bits per heavy atom. The number of rotatable bonds is 6. The van der Waals surface area contributed by atoms with Gasteiger partial charge < -0.3 is 15.4 Å². The van der Waals surface area contributed by atoms with E-state index in [4.69, 9.17) is 16.3 Å². The molecule has 0 spiro atoms. The summed E-state index contributed by atoms with van der Waals surface area (Å²) < 4.78 is 20.1. The summed E-state index contributed by atoms with van der Waals surface area (Å²) in [5.74, 6) is -1.43. The number of aromatic nitrogens is 2. The van der Waals surface area contributed by atoms with Crippen molar-refractivity contribution in [2.75, 3.05) is 10.6 Å². The van der Waals surface area contributed by atoms with Gasteiger partial charge in [0, 0.05) is 24.7 Å². The van der Waals surface area contributed by atoms with Gasteiger partial charge in [0.2, 0.25) is 11.8 Å². The monoisotopic (exact) mass is 521 g/mol. The number of thiazole rings is 1. The molecular formula is C25H17ClFN5O3S. The van der Waals surface area contributed by atoms with Gasteiger partial charge in [-0.1, -0.05) is 35.1 Å². The van der Waals surface area contributed by atoms with Gasteiger partial charge in [0.1, 0.15) is 10.3 Å². The zero-order chi connectivity index (χ0) is 25.4. The minimum absolute atomic E-state index is 0.116. The van der Waals surface area contributed by atoms with Gasteiger partial charge in [-0.25, -0.2) is 14.4 Å². The van der Waals surface area contributed by atoms with E-state index in [1.54, 1.807) is 24.3 Å². The normalized spacial score (nSPS) is 13.6. The van der Waals surface area contributed by atoms with Gasteiger partial charge in [-0.3, -0.25) is 9.59 Å². The third kappa shape index (κ3) is 4.58. The largest absolute Gasteiger partial charge is 0.436 e. The molecular weight excluding hydrogens is 505 g/mol. The number of halogens is 2. The average molecular weight is 522 g/mol. The number of nitriles is 1. The van der Waals surface area contributed by atoms with E-state index in [1.165, 1.54) is 25.1 Å². The Hall–Kier alpha value is -4.07. The fraction of sp³-hybridized carbons (Fsp3) is 0.160. The molecule has 2 aromatic heterocycles. The molecule has 4 aromatic rings. The fourth-order valence-electron chi connectivity index (χ4n) is 3.67. The lowest BCUT2D eigenvalue weighted by molar-refractivity contribution is -0.114. The van der Waals surface area contributed by atoms with Crippen LogP contribution in [0.4, 0.5) is 15.2 Å². The molecule has 1 aliphatic carbocycles. The molecule has 0 atom stereocenters. The molecule has 0 bridgehead atoms. The van der Waals surface area contributed by atoms with E-state index < -0.39 is 17.1 Å². The van der Waals surface area contributed by atoms with E-state index in [0.717, 1.165) is 17.4 Å². The van der Waals surface area contributed by atoms with E-state index in [1.807, 2.05) is 0 Å². The van der Waals surface area contributed by atoms with E-state index >= 15 is 0 Å². The van der Waals surface area contributed by atoms with Crippen LogP contribution in [-0.4, -0.2) is 21.8 Å². The maximum absolute atomic E-state index is 14.5. The first-order valence-electron chi connectivity index (χ1n) is 10.8. The summed E-state index contributed by atoms with van der Waals surface area (Å²) >= 11 is 7.64. The summed E-state index contributed by atoms with van der Waals surface area (Å²) in [6.45, 7) is 1.38. The molecule has 11 heteroatoms. The maximum Gasteiger partial charge on any atom is 0.257 e. The van der Waals surface area contributed by atoms with Crippen molar-refractivity contribution in [3.63, 3.8) is 0 Å². The number of nitrogens with one attached hydrogen (secondary N) is 2. The number of fused-ring (bicyclic) bond motifs is 1. The first kappa shape index (κ1) is 23.7. The topological polar surface area (TPSA) is 117 Å². The summed E-state index contributed by atoms with van der Waals surface area (Å²) in [6.07, 6.45) is 1.39. The van der Waals surface area contributed by atoms with Crippen LogP contribution in [0.15, 0.2) is 48.5 Å². The second kappa shape index (κ2) is 9.18. The van der Waals surface area contributed by atoms with Crippen molar-refractivity contribution < 1.29 is 18.7 Å². The molecule has 8 nitrogen and oxygen atoms in total. The zero-order valence-electron chi connectivity index (χ0n) is 18.8. The van der Waals surface area contributed by atoms with Gasteiger partial charge in [0.05, 0.1) is 22.1 Å². The summed E-state index contributed by atoms with van der Waals surface area (Å²) in [4.78, 5) is 33.3. The van der Waals surface area contributed by atoms with Crippen LogP contribution in [0, 0.1) is 17.1 Å². The Balaban J connectivity index is 1.36. The Bertz CT molecular complexity index is 1580. The molecule has 2 amide bonds. The Labute approximate surface area is 213 Å². The zero-order valence-corrected chi connectivity index (χ0v) is 20.3. The summed E-state index contributed by atoms with van der Waals surface area (Å²) in [5, 5.41) is 15.4. The highest BCUT2D eigenvalue weighted by Gasteiger charge is 2.46. The molecule has 2 N–H and O–H groups in total. The molecule has 36 heavy (non-hydrogen) atoms. The number of pyridine rings is 1. The van der Waals surface area contributed by atoms with E-state index in [0.29, 0.717) is 33.9 Å². The molecule has 1 fully saturated rings. The van der Waals surface area contributed by atoms with Crippen molar-refractivity contribution >= 4 is 55.9 Å². The minimum Gasteiger partial charge on any atom is -0.436 e. The third-order valence-electron chi connectivity index (χ3n) is 5.64. The lowest BCUT2D eigenvalue weighted by Crippen LogP contribution is -2.15. The smallest absolute Gasteiger partial charge is 0.257 e. The number of carbonyl (C=O) groups is 2. The lowest BCUT2D eigenvalue weighted by Gasteiger charge is -2.13. The van der Waals surface area contributed by atoms with E-state index in [-0.39, 0.29) is 33.8 Å². The van der Waals surface area contributed by atoms with Crippen LogP contribution in [0.2, 0.25) is 5.02 Å². The second-order valence-electron chi connectivity index (χ2n) is 8.24. The van der Waals surface area contributed by atoms with Crippen LogP contribution in [0.25, 0.3) is 10.3 Å². The summed E-state index contributed by atoms with van der Waals surface area (Å²) in [6, 6.07) is 14.4. The molecule has 1 saturated carbocycles. The standard InChI is InChI=1S/C25H17ClFN5O3S/c1-13(33)29-24-31-18-7-8-20(32-23(18)36-24)35-19-11-14(5-6-17(19)27)30-22(34)15-3-2-4-16(21(15)26)25(12-28)9-10-25/h2-8,11H,9-10H2,1H3,(H,30,34)(H,29,31,33).